The van der Waals surface area contributed by atoms with Crippen LogP contribution in [-0.2, 0) is 6.54 Å². The Kier molecular flexibility index (Phi) is 4.94. The summed E-state index contributed by atoms with van der Waals surface area (Å²) in [6.07, 6.45) is 0. The van der Waals surface area contributed by atoms with Crippen LogP contribution in [-0.4, -0.2) is 19.2 Å². The van der Waals surface area contributed by atoms with E-state index >= 15 is 0 Å². The van der Waals surface area contributed by atoms with Gasteiger partial charge in [-0.25, -0.2) is 4.98 Å². The van der Waals surface area contributed by atoms with Crippen LogP contribution in [0.5, 0.6) is 11.5 Å². The second kappa shape index (κ2) is 7.68. The lowest BCUT2D eigenvalue weighted by Crippen LogP contribution is -2.00. The molecule has 1 N–H and O–H groups in total. The summed E-state index contributed by atoms with van der Waals surface area (Å²) in [5.74, 6) is 1.47. The van der Waals surface area contributed by atoms with Crippen molar-refractivity contribution in [2.45, 2.75) is 6.54 Å². The van der Waals surface area contributed by atoms with Crippen molar-refractivity contribution in [1.29, 1.82) is 0 Å². The maximum atomic E-state index is 5.38. The molecule has 0 fully saturated rings. The first-order valence-electron chi connectivity index (χ1n) is 8.67. The third-order valence-electron chi connectivity index (χ3n) is 4.35. The van der Waals surface area contributed by atoms with E-state index in [1.54, 1.807) is 25.6 Å². The van der Waals surface area contributed by atoms with Crippen LogP contribution in [0.3, 0.4) is 0 Å². The van der Waals surface area contributed by atoms with E-state index < -0.39 is 0 Å². The minimum Gasteiger partial charge on any atom is -0.493 e. The maximum Gasteiger partial charge on any atom is 0.161 e. The molecule has 0 saturated carbocycles. The third kappa shape index (κ3) is 3.73. The number of hydrogen-bond donors (Lipinski definition) is 1. The molecule has 4 rings (SSSR count). The average Bonchev–Trinajstić information content (AvgIpc) is 3.16. The van der Waals surface area contributed by atoms with Gasteiger partial charge in [-0.15, -0.1) is 11.3 Å². The number of nitrogens with zero attached hydrogens (tertiary/aromatic N) is 1. The number of benzene rings is 3. The monoisotopic (exact) mass is 376 g/mol. The molecule has 0 aliphatic rings. The zero-order chi connectivity index (χ0) is 18.6. The SMILES string of the molecule is COc1ccc(CNc2cccc(-c3nc4ccccc4s3)c2)cc1OC. The number of thiazole rings is 1. The third-order valence-corrected chi connectivity index (χ3v) is 5.43. The van der Waals surface area contributed by atoms with Gasteiger partial charge in [-0.3, -0.25) is 0 Å². The molecule has 0 atom stereocenters. The summed E-state index contributed by atoms with van der Waals surface area (Å²) < 4.78 is 11.9. The number of methoxy groups -OCH3 is 2. The van der Waals surface area contributed by atoms with Crippen LogP contribution in [0.4, 0.5) is 5.69 Å². The highest BCUT2D eigenvalue weighted by Gasteiger charge is 2.07. The predicted octanol–water partition coefficient (Wildman–Crippen LogP) is 5.59. The van der Waals surface area contributed by atoms with Gasteiger partial charge in [-0.2, -0.15) is 0 Å². The van der Waals surface area contributed by atoms with E-state index in [2.05, 4.69) is 41.7 Å². The van der Waals surface area contributed by atoms with Gasteiger partial charge in [-0.1, -0.05) is 30.3 Å². The molecule has 0 saturated heterocycles. The summed E-state index contributed by atoms with van der Waals surface area (Å²) in [5.41, 5.74) is 4.34. The highest BCUT2D eigenvalue weighted by Crippen LogP contribution is 2.31. The van der Waals surface area contributed by atoms with Gasteiger partial charge in [0.2, 0.25) is 0 Å². The Morgan fingerprint density at radius 2 is 1.74 bits per heavy atom. The van der Waals surface area contributed by atoms with Crippen LogP contribution in [0, 0.1) is 0 Å². The first-order chi connectivity index (χ1) is 13.3. The lowest BCUT2D eigenvalue weighted by molar-refractivity contribution is 0.354. The Hall–Kier alpha value is -3.05. The van der Waals surface area contributed by atoms with E-state index in [0.29, 0.717) is 6.54 Å². The second-order valence-corrected chi connectivity index (χ2v) is 7.14. The lowest BCUT2D eigenvalue weighted by atomic mass is 10.1. The van der Waals surface area contributed by atoms with Crippen molar-refractivity contribution in [2.75, 3.05) is 19.5 Å². The smallest absolute Gasteiger partial charge is 0.161 e. The van der Waals surface area contributed by atoms with Gasteiger partial charge in [-0.05, 0) is 42.0 Å². The van der Waals surface area contributed by atoms with E-state index in [0.717, 1.165) is 38.8 Å². The lowest BCUT2D eigenvalue weighted by Gasteiger charge is -2.11. The number of aromatic nitrogens is 1. The molecule has 1 aromatic heterocycles. The van der Waals surface area contributed by atoms with Crippen LogP contribution < -0.4 is 14.8 Å². The number of fused-ring (bicyclic) bond motifs is 1. The van der Waals surface area contributed by atoms with Crippen LogP contribution in [0.25, 0.3) is 20.8 Å². The summed E-state index contributed by atoms with van der Waals surface area (Å²) in [4.78, 5) is 4.74. The molecule has 5 heteroatoms. The zero-order valence-electron chi connectivity index (χ0n) is 15.2. The molecule has 4 aromatic rings. The summed E-state index contributed by atoms with van der Waals surface area (Å²) in [6.45, 7) is 0.698. The van der Waals surface area contributed by atoms with Crippen molar-refractivity contribution in [1.82, 2.24) is 4.98 Å². The van der Waals surface area contributed by atoms with Gasteiger partial charge in [0.1, 0.15) is 5.01 Å². The van der Waals surface area contributed by atoms with Crippen LogP contribution >= 0.6 is 11.3 Å². The van der Waals surface area contributed by atoms with E-state index in [9.17, 15) is 0 Å². The van der Waals surface area contributed by atoms with Crippen molar-refractivity contribution in [3.05, 3.63) is 72.3 Å². The van der Waals surface area contributed by atoms with E-state index in [1.165, 1.54) is 4.70 Å². The fraction of sp³-hybridized carbons (Fsp3) is 0.136. The molecule has 0 spiro atoms. The molecule has 27 heavy (non-hydrogen) atoms. The number of ether oxygens (including phenoxy) is 2. The highest BCUT2D eigenvalue weighted by molar-refractivity contribution is 7.21. The molecule has 0 radical (unpaired) electrons. The number of hydrogen-bond acceptors (Lipinski definition) is 5. The van der Waals surface area contributed by atoms with E-state index in [4.69, 9.17) is 14.5 Å². The minimum absolute atomic E-state index is 0.698. The second-order valence-electron chi connectivity index (χ2n) is 6.11. The molecule has 3 aromatic carbocycles. The van der Waals surface area contributed by atoms with Gasteiger partial charge in [0.15, 0.2) is 11.5 Å². The average molecular weight is 376 g/mol. The van der Waals surface area contributed by atoms with Crippen LogP contribution in [0.1, 0.15) is 5.56 Å². The van der Waals surface area contributed by atoms with Crippen molar-refractivity contribution >= 4 is 27.2 Å². The van der Waals surface area contributed by atoms with Crippen molar-refractivity contribution in [3.8, 4) is 22.1 Å². The van der Waals surface area contributed by atoms with Crippen molar-refractivity contribution < 1.29 is 9.47 Å². The van der Waals surface area contributed by atoms with Gasteiger partial charge in [0, 0.05) is 17.8 Å². The summed E-state index contributed by atoms with van der Waals surface area (Å²) in [6, 6.07) is 22.5. The minimum atomic E-state index is 0.698. The van der Waals surface area contributed by atoms with Crippen LogP contribution in [0.2, 0.25) is 0 Å². The number of anilines is 1. The Balaban J connectivity index is 1.53. The summed E-state index contributed by atoms with van der Waals surface area (Å²) in [5, 5.41) is 4.51. The molecule has 0 aliphatic heterocycles. The van der Waals surface area contributed by atoms with Gasteiger partial charge in [0.25, 0.3) is 0 Å². The van der Waals surface area contributed by atoms with Gasteiger partial charge < -0.3 is 14.8 Å². The van der Waals surface area contributed by atoms with E-state index in [1.807, 2.05) is 30.3 Å². The summed E-state index contributed by atoms with van der Waals surface area (Å²) >= 11 is 1.71. The topological polar surface area (TPSA) is 43.4 Å². The Bertz CT molecular complexity index is 1040. The first kappa shape index (κ1) is 17.4. The molecule has 4 nitrogen and oxygen atoms in total. The molecular formula is C22H20N2O2S. The fourth-order valence-electron chi connectivity index (χ4n) is 2.95. The molecule has 0 unspecified atom stereocenters. The molecule has 0 aliphatic carbocycles. The van der Waals surface area contributed by atoms with Crippen LogP contribution in [0.15, 0.2) is 66.7 Å². The normalized spacial score (nSPS) is 10.7. The van der Waals surface area contributed by atoms with E-state index in [-0.39, 0.29) is 0 Å². The molecule has 0 amide bonds. The fourth-order valence-corrected chi connectivity index (χ4v) is 3.91. The highest BCUT2D eigenvalue weighted by atomic mass is 32.1. The van der Waals surface area contributed by atoms with Gasteiger partial charge in [0.05, 0.1) is 24.4 Å². The predicted molar refractivity (Wildman–Crippen MR) is 112 cm³/mol. The standard InChI is InChI=1S/C22H20N2O2S/c1-25-19-11-10-15(12-20(19)26-2)14-23-17-7-5-6-16(13-17)22-24-18-8-3-4-9-21(18)27-22/h3-13,23H,14H2,1-2H3. The number of nitrogens with one attached hydrogen (secondary N) is 1. The number of rotatable bonds is 6. The Morgan fingerprint density at radius 1 is 0.889 bits per heavy atom. The molecule has 1 heterocycles. The molecular weight excluding hydrogens is 356 g/mol. The Morgan fingerprint density at radius 3 is 2.56 bits per heavy atom. The first-order valence-corrected chi connectivity index (χ1v) is 9.49. The largest absolute Gasteiger partial charge is 0.493 e. The quantitative estimate of drug-likeness (QED) is 0.476. The Labute approximate surface area is 162 Å². The molecule has 0 bridgehead atoms. The zero-order valence-corrected chi connectivity index (χ0v) is 16.0. The van der Waals surface area contributed by atoms with Crippen molar-refractivity contribution in [3.63, 3.8) is 0 Å². The van der Waals surface area contributed by atoms with Gasteiger partial charge >= 0.3 is 0 Å². The maximum absolute atomic E-state index is 5.38. The molecule has 136 valence electrons. The number of para-hydroxylation sites is 1. The summed E-state index contributed by atoms with van der Waals surface area (Å²) in [7, 11) is 3.29. The van der Waals surface area contributed by atoms with Crippen molar-refractivity contribution in [2.24, 2.45) is 0 Å².